The molecule has 0 saturated heterocycles. The molecule has 1 N–H and O–H groups in total. The molecule has 7 heteroatoms. The quantitative estimate of drug-likeness (QED) is 0.716. The molecule has 0 saturated carbocycles. The van der Waals surface area contributed by atoms with Gasteiger partial charge in [-0.2, -0.15) is 13.2 Å². The first-order chi connectivity index (χ1) is 11.9. The molecule has 3 rings (SSSR count). The molecule has 0 atom stereocenters. The Morgan fingerprint density at radius 3 is 2.60 bits per heavy atom. The monoisotopic (exact) mass is 348 g/mol. The number of hydrogen-bond donors (Lipinski definition) is 1. The maximum absolute atomic E-state index is 13.1. The minimum atomic E-state index is -4.71. The molecule has 1 amide bonds. The lowest BCUT2D eigenvalue weighted by atomic mass is 10.1. The highest BCUT2D eigenvalue weighted by Crippen LogP contribution is 2.32. The lowest BCUT2D eigenvalue weighted by Crippen LogP contribution is -2.25. The fraction of sp³-hybridized carbons (Fsp3) is 0.111. The van der Waals surface area contributed by atoms with Crippen LogP contribution in [0.4, 0.5) is 17.6 Å². The Morgan fingerprint density at radius 1 is 1.08 bits per heavy atom. The number of alkyl halides is 3. The fourth-order valence-corrected chi connectivity index (χ4v) is 2.53. The minimum Gasteiger partial charge on any atom is -0.347 e. The summed E-state index contributed by atoms with van der Waals surface area (Å²) in [6.45, 7) is -0.390. The second kappa shape index (κ2) is 6.51. The number of nitrogens with one attached hydrogen (secondary N) is 1. The van der Waals surface area contributed by atoms with E-state index in [1.54, 1.807) is 30.3 Å². The predicted molar refractivity (Wildman–Crippen MR) is 84.3 cm³/mol. The van der Waals surface area contributed by atoms with Crippen LogP contribution in [-0.4, -0.2) is 10.9 Å². The zero-order valence-electron chi connectivity index (χ0n) is 12.8. The van der Waals surface area contributed by atoms with Crippen molar-refractivity contribution in [1.29, 1.82) is 0 Å². The number of rotatable bonds is 3. The van der Waals surface area contributed by atoms with Gasteiger partial charge in [-0.05, 0) is 29.1 Å². The van der Waals surface area contributed by atoms with Crippen LogP contribution in [-0.2, 0) is 12.7 Å². The number of halogens is 4. The van der Waals surface area contributed by atoms with Gasteiger partial charge in [0.2, 0.25) is 0 Å². The number of carbonyl (C=O) groups is 1. The summed E-state index contributed by atoms with van der Waals surface area (Å²) < 4.78 is 52.1. The van der Waals surface area contributed by atoms with Gasteiger partial charge in [0.1, 0.15) is 11.5 Å². The topological polar surface area (TPSA) is 42.0 Å². The van der Waals surface area contributed by atoms with Crippen LogP contribution in [0.2, 0.25) is 0 Å². The third kappa shape index (κ3) is 3.60. The van der Waals surface area contributed by atoms with E-state index in [4.69, 9.17) is 0 Å². The predicted octanol–water partition coefficient (Wildman–Crippen LogP) is 4.32. The lowest BCUT2D eigenvalue weighted by molar-refractivity contribution is -0.138. The van der Waals surface area contributed by atoms with Crippen LogP contribution in [0, 0.1) is 5.82 Å². The van der Waals surface area contributed by atoms with E-state index >= 15 is 0 Å². The van der Waals surface area contributed by atoms with Gasteiger partial charge in [-0.3, -0.25) is 9.78 Å². The molecule has 1 heterocycles. The van der Waals surface area contributed by atoms with Gasteiger partial charge in [0.25, 0.3) is 5.91 Å². The van der Waals surface area contributed by atoms with Crippen molar-refractivity contribution >= 4 is 16.7 Å². The highest BCUT2D eigenvalue weighted by Gasteiger charge is 2.33. The summed E-state index contributed by atoms with van der Waals surface area (Å²) in [6, 6.07) is 11.1. The number of carbonyl (C=O) groups excluding carboxylic acids is 1. The van der Waals surface area contributed by atoms with E-state index < -0.39 is 30.0 Å². The molecule has 25 heavy (non-hydrogen) atoms. The van der Waals surface area contributed by atoms with Crippen molar-refractivity contribution in [2.24, 2.45) is 0 Å². The molecule has 0 aliphatic heterocycles. The third-order valence-electron chi connectivity index (χ3n) is 3.71. The zero-order chi connectivity index (χ0) is 18.0. The van der Waals surface area contributed by atoms with Gasteiger partial charge in [-0.25, -0.2) is 4.39 Å². The van der Waals surface area contributed by atoms with Crippen LogP contribution in [0.3, 0.4) is 0 Å². The van der Waals surface area contributed by atoms with Crippen molar-refractivity contribution in [3.8, 4) is 0 Å². The van der Waals surface area contributed by atoms with Crippen LogP contribution >= 0.6 is 0 Å². The summed E-state index contributed by atoms with van der Waals surface area (Å²) in [5.41, 5.74) is -1.21. The van der Waals surface area contributed by atoms with Crippen molar-refractivity contribution in [3.05, 3.63) is 77.4 Å². The Morgan fingerprint density at radius 2 is 1.84 bits per heavy atom. The molecule has 0 aliphatic carbocycles. The van der Waals surface area contributed by atoms with Crippen molar-refractivity contribution in [1.82, 2.24) is 10.3 Å². The maximum Gasteiger partial charge on any atom is 0.416 e. The summed E-state index contributed by atoms with van der Waals surface area (Å²) in [7, 11) is 0. The van der Waals surface area contributed by atoms with Crippen LogP contribution in [0.25, 0.3) is 10.8 Å². The second-order valence-corrected chi connectivity index (χ2v) is 5.36. The third-order valence-corrected chi connectivity index (χ3v) is 3.71. The average molecular weight is 348 g/mol. The van der Waals surface area contributed by atoms with Gasteiger partial charge in [0.15, 0.2) is 0 Å². The number of nitrogens with zero attached hydrogens (tertiary/aromatic N) is 1. The summed E-state index contributed by atoms with van der Waals surface area (Å²) >= 11 is 0. The number of hydrogen-bond acceptors (Lipinski definition) is 2. The first-order valence-corrected chi connectivity index (χ1v) is 7.34. The number of pyridine rings is 1. The van der Waals surface area contributed by atoms with E-state index in [0.717, 1.165) is 17.5 Å². The van der Waals surface area contributed by atoms with E-state index in [0.29, 0.717) is 11.5 Å². The van der Waals surface area contributed by atoms with Crippen molar-refractivity contribution in [3.63, 3.8) is 0 Å². The molecule has 0 spiro atoms. The van der Waals surface area contributed by atoms with Crippen LogP contribution in [0.1, 0.15) is 21.6 Å². The zero-order valence-corrected chi connectivity index (χ0v) is 12.8. The lowest BCUT2D eigenvalue weighted by Gasteiger charge is -2.14. The largest absolute Gasteiger partial charge is 0.416 e. The summed E-state index contributed by atoms with van der Waals surface area (Å²) in [4.78, 5) is 16.3. The fourth-order valence-electron chi connectivity index (χ4n) is 2.53. The Kier molecular flexibility index (Phi) is 4.39. The normalized spacial score (nSPS) is 11.5. The molecule has 0 bridgehead atoms. The summed E-state index contributed by atoms with van der Waals surface area (Å²) in [5.74, 6) is -1.59. The van der Waals surface area contributed by atoms with Crippen LogP contribution in [0.5, 0.6) is 0 Å². The number of amides is 1. The van der Waals surface area contributed by atoms with E-state index in [1.165, 1.54) is 6.20 Å². The Balaban J connectivity index is 1.86. The van der Waals surface area contributed by atoms with Crippen LogP contribution in [0.15, 0.2) is 54.7 Å². The van der Waals surface area contributed by atoms with Crippen molar-refractivity contribution < 1.29 is 22.4 Å². The standard InChI is InChI=1S/C18H12F4N2O/c19-13-6-5-12(15(9-13)18(20,21)22)10-24-17(25)16-14-4-2-1-3-11(14)7-8-23-16/h1-9H,10H2,(H,24,25). The summed E-state index contributed by atoms with van der Waals surface area (Å²) in [6.07, 6.45) is -3.25. The molecule has 0 unspecified atom stereocenters. The van der Waals surface area contributed by atoms with Gasteiger partial charge in [0.05, 0.1) is 5.56 Å². The molecule has 128 valence electrons. The Hall–Kier alpha value is -2.96. The molecule has 3 nitrogen and oxygen atoms in total. The van der Waals surface area contributed by atoms with Crippen molar-refractivity contribution in [2.75, 3.05) is 0 Å². The molecule has 0 fully saturated rings. The molecule has 2 aromatic carbocycles. The Labute approximate surface area is 140 Å². The van der Waals surface area contributed by atoms with Gasteiger partial charge in [-0.1, -0.05) is 30.3 Å². The molecule has 1 aromatic heterocycles. The molecule has 0 aliphatic rings. The van der Waals surface area contributed by atoms with E-state index in [-0.39, 0.29) is 11.3 Å². The molecular weight excluding hydrogens is 336 g/mol. The maximum atomic E-state index is 13.1. The molecule has 0 radical (unpaired) electrons. The SMILES string of the molecule is O=C(NCc1ccc(F)cc1C(F)(F)F)c1nccc2ccccc12. The van der Waals surface area contributed by atoms with Gasteiger partial charge in [0, 0.05) is 18.1 Å². The molecule has 3 aromatic rings. The van der Waals surface area contributed by atoms with Gasteiger partial charge < -0.3 is 5.32 Å². The smallest absolute Gasteiger partial charge is 0.347 e. The van der Waals surface area contributed by atoms with Crippen molar-refractivity contribution in [2.45, 2.75) is 12.7 Å². The summed E-state index contributed by atoms with van der Waals surface area (Å²) in [5, 5.41) is 3.80. The molecular formula is C18H12F4N2O. The average Bonchev–Trinajstić information content (AvgIpc) is 2.59. The van der Waals surface area contributed by atoms with Crippen LogP contribution < -0.4 is 5.32 Å². The van der Waals surface area contributed by atoms with Gasteiger partial charge >= 0.3 is 6.18 Å². The first kappa shape index (κ1) is 16.9. The van der Waals surface area contributed by atoms with E-state index in [9.17, 15) is 22.4 Å². The highest BCUT2D eigenvalue weighted by atomic mass is 19.4. The Bertz CT molecular complexity index is 933. The second-order valence-electron chi connectivity index (χ2n) is 5.36. The number of fused-ring (bicyclic) bond motifs is 1. The van der Waals surface area contributed by atoms with E-state index in [1.807, 2.05) is 0 Å². The van der Waals surface area contributed by atoms with Gasteiger partial charge in [-0.15, -0.1) is 0 Å². The minimum absolute atomic E-state index is 0.119. The van der Waals surface area contributed by atoms with E-state index in [2.05, 4.69) is 10.3 Å². The number of aromatic nitrogens is 1. The number of benzene rings is 2. The highest BCUT2D eigenvalue weighted by molar-refractivity contribution is 6.05. The first-order valence-electron chi connectivity index (χ1n) is 7.34.